The lowest BCUT2D eigenvalue weighted by Gasteiger charge is -2.17. The number of aromatic nitrogens is 2. The van der Waals surface area contributed by atoms with Crippen molar-refractivity contribution in [2.75, 3.05) is 14.1 Å². The lowest BCUT2D eigenvalue weighted by atomic mass is 10.00. The molecule has 0 amide bonds. The van der Waals surface area contributed by atoms with Crippen molar-refractivity contribution >= 4 is 17.4 Å². The van der Waals surface area contributed by atoms with Crippen LogP contribution < -0.4 is 0 Å². The summed E-state index contributed by atoms with van der Waals surface area (Å²) in [5.74, 6) is -2.19. The molecule has 0 unspecified atom stereocenters. The summed E-state index contributed by atoms with van der Waals surface area (Å²) in [4.78, 5) is 19.5. The molecule has 0 fully saturated rings. The van der Waals surface area contributed by atoms with Crippen LogP contribution in [0.2, 0.25) is 5.02 Å². The van der Waals surface area contributed by atoms with Crippen molar-refractivity contribution in [1.82, 2.24) is 14.5 Å². The van der Waals surface area contributed by atoms with Crippen LogP contribution in [0.25, 0.3) is 5.69 Å². The number of nitrogens with zero attached hydrogens (tertiary/aromatic N) is 3. The first kappa shape index (κ1) is 21.1. The maximum absolute atomic E-state index is 14.3. The fourth-order valence-electron chi connectivity index (χ4n) is 3.22. The second-order valence-electron chi connectivity index (χ2n) is 6.88. The quantitative estimate of drug-likeness (QED) is 0.616. The van der Waals surface area contributed by atoms with Crippen LogP contribution in [0.5, 0.6) is 0 Å². The van der Waals surface area contributed by atoms with E-state index in [1.807, 2.05) is 19.0 Å². The molecule has 0 spiro atoms. The Morgan fingerprint density at radius 3 is 2.45 bits per heavy atom. The molecule has 0 radical (unpaired) electrons. The number of hydrogen-bond acceptors (Lipinski definition) is 4. The van der Waals surface area contributed by atoms with Gasteiger partial charge in [-0.05, 0) is 51.4 Å². The van der Waals surface area contributed by atoms with Crippen LogP contribution in [-0.2, 0) is 13.2 Å². The predicted octanol–water partition coefficient (Wildman–Crippen LogP) is 3.90. The smallest absolute Gasteiger partial charge is 0.201 e. The molecule has 1 N–H and O–H groups in total. The second-order valence-corrected chi connectivity index (χ2v) is 7.32. The summed E-state index contributed by atoms with van der Waals surface area (Å²) < 4.78 is 30.2. The summed E-state index contributed by atoms with van der Waals surface area (Å²) in [6.45, 7) is 1.84. The van der Waals surface area contributed by atoms with Gasteiger partial charge in [0, 0.05) is 10.6 Å². The Kier molecular flexibility index (Phi) is 6.12. The molecule has 3 rings (SSSR count). The molecule has 0 bridgehead atoms. The third-order valence-electron chi connectivity index (χ3n) is 4.48. The Hall–Kier alpha value is -2.61. The van der Waals surface area contributed by atoms with Crippen molar-refractivity contribution in [2.45, 2.75) is 20.1 Å². The maximum Gasteiger partial charge on any atom is 0.201 e. The first-order valence-electron chi connectivity index (χ1n) is 8.86. The molecule has 8 heteroatoms. The van der Waals surface area contributed by atoms with E-state index in [0.717, 1.165) is 12.1 Å². The zero-order valence-corrected chi connectivity index (χ0v) is 17.0. The number of aryl methyl sites for hydroxylation is 1. The van der Waals surface area contributed by atoms with Gasteiger partial charge in [-0.25, -0.2) is 13.8 Å². The number of carbonyl (C=O) groups excluding carboxylic acids is 1. The summed E-state index contributed by atoms with van der Waals surface area (Å²) in [7, 11) is 3.71. The summed E-state index contributed by atoms with van der Waals surface area (Å²) in [6.07, 6.45) is 0. The lowest BCUT2D eigenvalue weighted by molar-refractivity contribution is 0.103. The third kappa shape index (κ3) is 4.07. The number of halogens is 3. The Bertz CT molecular complexity index is 1060. The molecule has 2 aromatic carbocycles. The highest BCUT2D eigenvalue weighted by molar-refractivity contribution is 6.31. The molecular weight excluding hydrogens is 400 g/mol. The molecule has 1 heterocycles. The molecule has 152 valence electrons. The number of aliphatic hydroxyl groups excluding tert-OH is 1. The van der Waals surface area contributed by atoms with Crippen molar-refractivity contribution in [3.05, 3.63) is 81.4 Å². The molecule has 3 aromatic rings. The fourth-order valence-corrected chi connectivity index (χ4v) is 3.39. The van der Waals surface area contributed by atoms with E-state index in [1.165, 1.54) is 12.1 Å². The number of ketones is 1. The van der Waals surface area contributed by atoms with Crippen molar-refractivity contribution in [3.8, 4) is 5.69 Å². The molecule has 0 saturated carbocycles. The fraction of sp³-hybridized carbons (Fsp3) is 0.238. The van der Waals surface area contributed by atoms with Crippen LogP contribution in [0.15, 0.2) is 36.4 Å². The number of carbonyl (C=O) groups is 1. The van der Waals surface area contributed by atoms with Crippen molar-refractivity contribution < 1.29 is 18.7 Å². The lowest BCUT2D eigenvalue weighted by Crippen LogP contribution is -2.18. The number of hydrogen-bond donors (Lipinski definition) is 1. The number of rotatable bonds is 6. The number of imidazole rings is 1. The first-order valence-corrected chi connectivity index (χ1v) is 9.23. The number of benzene rings is 2. The molecule has 0 aliphatic carbocycles. The summed E-state index contributed by atoms with van der Waals surface area (Å²) >= 11 is 6.10. The highest BCUT2D eigenvalue weighted by atomic mass is 35.5. The minimum atomic E-state index is -0.960. The van der Waals surface area contributed by atoms with Crippen LogP contribution in [0, 0.1) is 18.6 Å². The molecule has 5 nitrogen and oxygen atoms in total. The Balaban J connectivity index is 2.28. The highest BCUT2D eigenvalue weighted by Crippen LogP contribution is 2.28. The van der Waals surface area contributed by atoms with Crippen LogP contribution in [0.3, 0.4) is 0 Å². The van der Waals surface area contributed by atoms with Crippen LogP contribution in [-0.4, -0.2) is 39.4 Å². The summed E-state index contributed by atoms with van der Waals surface area (Å²) in [5, 5.41) is 10.1. The monoisotopic (exact) mass is 419 g/mol. The van der Waals surface area contributed by atoms with Crippen molar-refractivity contribution in [1.29, 1.82) is 0 Å². The van der Waals surface area contributed by atoms with Gasteiger partial charge in [0.15, 0.2) is 0 Å². The molecular formula is C21H20ClF2N3O2. The Morgan fingerprint density at radius 2 is 1.86 bits per heavy atom. The van der Waals surface area contributed by atoms with E-state index in [1.54, 1.807) is 23.6 Å². The van der Waals surface area contributed by atoms with E-state index in [-0.39, 0.29) is 17.2 Å². The van der Waals surface area contributed by atoms with Crippen LogP contribution in [0.1, 0.15) is 33.1 Å². The zero-order chi connectivity index (χ0) is 21.3. The first-order chi connectivity index (χ1) is 13.7. The van der Waals surface area contributed by atoms with Gasteiger partial charge in [0.05, 0.1) is 35.8 Å². The van der Waals surface area contributed by atoms with E-state index >= 15 is 0 Å². The van der Waals surface area contributed by atoms with Crippen LogP contribution >= 0.6 is 11.6 Å². The predicted molar refractivity (Wildman–Crippen MR) is 106 cm³/mol. The van der Waals surface area contributed by atoms with Crippen molar-refractivity contribution in [3.63, 3.8) is 0 Å². The van der Waals surface area contributed by atoms with E-state index in [0.29, 0.717) is 29.4 Å². The molecule has 0 saturated heterocycles. The number of aliphatic hydroxyl groups is 1. The maximum atomic E-state index is 14.3. The van der Waals surface area contributed by atoms with Gasteiger partial charge in [-0.2, -0.15) is 0 Å². The normalized spacial score (nSPS) is 11.3. The minimum Gasteiger partial charge on any atom is -0.390 e. The standard InChI is InChI=1S/C21H20ClF2N3O2/c1-12-18(11-28)27(19(25-12)10-26(2)3)17-8-7-13(22)9-14(17)21(29)20-15(23)5-4-6-16(20)24/h4-9,28H,10-11H2,1-3H3. The van der Waals surface area contributed by atoms with Gasteiger partial charge in [-0.3, -0.25) is 9.36 Å². The van der Waals surface area contributed by atoms with E-state index < -0.39 is 23.0 Å². The third-order valence-corrected chi connectivity index (χ3v) is 4.72. The Labute approximate surface area is 172 Å². The second kappa shape index (κ2) is 8.41. The van der Waals surface area contributed by atoms with Gasteiger partial charge in [0.25, 0.3) is 0 Å². The van der Waals surface area contributed by atoms with Crippen LogP contribution in [0.4, 0.5) is 8.78 Å². The van der Waals surface area contributed by atoms with Gasteiger partial charge in [0.2, 0.25) is 5.78 Å². The Morgan fingerprint density at radius 1 is 1.21 bits per heavy atom. The zero-order valence-electron chi connectivity index (χ0n) is 16.2. The van der Waals surface area contributed by atoms with Gasteiger partial charge in [-0.15, -0.1) is 0 Å². The topological polar surface area (TPSA) is 58.4 Å². The molecule has 0 aliphatic heterocycles. The largest absolute Gasteiger partial charge is 0.390 e. The van der Waals surface area contributed by atoms with Gasteiger partial charge >= 0.3 is 0 Å². The molecule has 29 heavy (non-hydrogen) atoms. The molecule has 1 aromatic heterocycles. The highest BCUT2D eigenvalue weighted by Gasteiger charge is 2.25. The van der Waals surface area contributed by atoms with Gasteiger partial charge in [0.1, 0.15) is 17.5 Å². The molecule has 0 aliphatic rings. The van der Waals surface area contributed by atoms with E-state index in [2.05, 4.69) is 4.98 Å². The van der Waals surface area contributed by atoms with Gasteiger partial charge in [-0.1, -0.05) is 17.7 Å². The SMILES string of the molecule is Cc1nc(CN(C)C)n(-c2ccc(Cl)cc2C(=O)c2c(F)cccc2F)c1CO. The summed E-state index contributed by atoms with van der Waals surface area (Å²) in [5.41, 5.74) is 0.756. The summed E-state index contributed by atoms with van der Waals surface area (Å²) in [6, 6.07) is 7.76. The van der Waals surface area contributed by atoms with Crippen molar-refractivity contribution in [2.24, 2.45) is 0 Å². The average Bonchev–Trinajstić information content (AvgIpc) is 2.95. The molecule has 0 atom stereocenters. The van der Waals surface area contributed by atoms with E-state index in [9.17, 15) is 18.7 Å². The van der Waals surface area contributed by atoms with E-state index in [4.69, 9.17) is 11.6 Å². The van der Waals surface area contributed by atoms with Gasteiger partial charge < -0.3 is 10.0 Å². The minimum absolute atomic E-state index is 0.00797. The average molecular weight is 420 g/mol.